The molecule has 0 aliphatic carbocycles. The maximum Gasteiger partial charge on any atom is 0.242 e. The van der Waals surface area contributed by atoms with E-state index in [1.165, 1.54) is 0 Å². The second kappa shape index (κ2) is 13.4. The molecule has 0 radical (unpaired) electrons. The maximum absolute atomic E-state index is 12.1. The third kappa shape index (κ3) is 9.62. The minimum atomic E-state index is 0. The van der Waals surface area contributed by atoms with Crippen molar-refractivity contribution in [3.05, 3.63) is 0 Å². The van der Waals surface area contributed by atoms with Crippen molar-refractivity contribution in [2.45, 2.75) is 27.2 Å². The lowest BCUT2D eigenvalue weighted by molar-refractivity contribution is -0.131. The Bertz CT molecular complexity index is 384. The number of hydrogen-bond acceptors (Lipinski definition) is 3. The van der Waals surface area contributed by atoms with E-state index in [1.54, 1.807) is 28.8 Å². The van der Waals surface area contributed by atoms with Crippen LogP contribution in [0.1, 0.15) is 27.2 Å². The zero-order valence-corrected chi connectivity index (χ0v) is 17.6. The van der Waals surface area contributed by atoms with Crippen LogP contribution in [-0.4, -0.2) is 86.3 Å². The van der Waals surface area contributed by atoms with Gasteiger partial charge in [-0.3, -0.25) is 14.6 Å². The fourth-order valence-corrected chi connectivity index (χ4v) is 1.90. The highest BCUT2D eigenvalue weighted by atomic mass is 127. The van der Waals surface area contributed by atoms with E-state index in [-0.39, 0.29) is 42.3 Å². The van der Waals surface area contributed by atoms with Crippen LogP contribution in [0.3, 0.4) is 0 Å². The largest absolute Gasteiger partial charge is 0.357 e. The van der Waals surface area contributed by atoms with Crippen LogP contribution in [0.15, 0.2) is 4.99 Å². The van der Waals surface area contributed by atoms with E-state index in [1.807, 2.05) is 27.8 Å². The zero-order chi connectivity index (χ0) is 17.1. The number of rotatable bonds is 8. The van der Waals surface area contributed by atoms with Crippen molar-refractivity contribution in [3.8, 4) is 0 Å². The van der Waals surface area contributed by atoms with Gasteiger partial charge in [-0.1, -0.05) is 0 Å². The maximum atomic E-state index is 12.1. The van der Waals surface area contributed by atoms with E-state index in [0.717, 1.165) is 0 Å². The molecule has 0 spiro atoms. The summed E-state index contributed by atoms with van der Waals surface area (Å²) in [5.41, 5.74) is 0. The molecule has 0 atom stereocenters. The highest BCUT2D eigenvalue weighted by molar-refractivity contribution is 14.0. The van der Waals surface area contributed by atoms with Crippen LogP contribution in [0, 0.1) is 0 Å². The summed E-state index contributed by atoms with van der Waals surface area (Å²) in [7, 11) is 5.29. The van der Waals surface area contributed by atoms with Crippen molar-refractivity contribution < 1.29 is 9.59 Å². The van der Waals surface area contributed by atoms with E-state index in [2.05, 4.69) is 10.3 Å². The Morgan fingerprint density at radius 3 is 2.00 bits per heavy atom. The summed E-state index contributed by atoms with van der Waals surface area (Å²) >= 11 is 0. The average Bonchev–Trinajstić information content (AvgIpc) is 2.47. The molecular formula is C15H32IN5O2. The number of guanidine groups is 1. The molecule has 0 unspecified atom stereocenters. The highest BCUT2D eigenvalue weighted by Crippen LogP contribution is 1.95. The summed E-state index contributed by atoms with van der Waals surface area (Å²) < 4.78 is 0. The summed E-state index contributed by atoms with van der Waals surface area (Å²) in [5, 5.41) is 3.15. The quantitative estimate of drug-likeness (QED) is 0.345. The molecule has 1 N–H and O–H groups in total. The number of nitrogens with one attached hydrogen (secondary N) is 1. The van der Waals surface area contributed by atoms with Crippen molar-refractivity contribution in [3.63, 3.8) is 0 Å². The average molecular weight is 441 g/mol. The Hall–Kier alpha value is -1.06. The first-order chi connectivity index (χ1) is 10.4. The molecule has 0 rings (SSSR count). The number of carbonyl (C=O) groups is 2. The molecule has 7 nitrogen and oxygen atoms in total. The van der Waals surface area contributed by atoms with Gasteiger partial charge in [0.2, 0.25) is 11.8 Å². The molecule has 0 aromatic rings. The first kappa shape index (κ1) is 24.2. The molecule has 0 aliphatic heterocycles. The Morgan fingerprint density at radius 1 is 1.00 bits per heavy atom. The van der Waals surface area contributed by atoms with Crippen LogP contribution in [-0.2, 0) is 9.59 Å². The number of halogens is 1. The van der Waals surface area contributed by atoms with Crippen LogP contribution in [0.2, 0.25) is 0 Å². The summed E-state index contributed by atoms with van der Waals surface area (Å²) in [6.07, 6.45) is 0.361. The van der Waals surface area contributed by atoms with Gasteiger partial charge in [0.15, 0.2) is 5.96 Å². The van der Waals surface area contributed by atoms with Gasteiger partial charge in [-0.05, 0) is 20.8 Å². The molecule has 0 aromatic heterocycles. The van der Waals surface area contributed by atoms with Crippen molar-refractivity contribution in [2.75, 3.05) is 53.9 Å². The normalized spacial score (nSPS) is 10.6. The van der Waals surface area contributed by atoms with Gasteiger partial charge in [0.05, 0.1) is 13.1 Å². The summed E-state index contributed by atoms with van der Waals surface area (Å²) in [5.74, 6) is 0.763. The molecule has 0 aromatic carbocycles. The Kier molecular flexibility index (Phi) is 14.1. The molecule has 0 aliphatic rings. The molecule has 0 fully saturated rings. The zero-order valence-electron chi connectivity index (χ0n) is 15.3. The molecule has 2 amide bonds. The fourth-order valence-electron chi connectivity index (χ4n) is 1.90. The Labute approximate surface area is 157 Å². The van der Waals surface area contributed by atoms with Gasteiger partial charge in [0.25, 0.3) is 0 Å². The summed E-state index contributed by atoms with van der Waals surface area (Å²) in [6.45, 7) is 8.70. The van der Waals surface area contributed by atoms with Gasteiger partial charge in [-0.2, -0.15) is 0 Å². The second-order valence-electron chi connectivity index (χ2n) is 5.20. The van der Waals surface area contributed by atoms with Crippen molar-refractivity contribution in [1.82, 2.24) is 20.0 Å². The van der Waals surface area contributed by atoms with E-state index in [0.29, 0.717) is 38.6 Å². The van der Waals surface area contributed by atoms with Gasteiger partial charge in [-0.25, -0.2) is 0 Å². The van der Waals surface area contributed by atoms with Gasteiger partial charge in [0, 0.05) is 47.2 Å². The Balaban J connectivity index is 0. The van der Waals surface area contributed by atoms with Crippen LogP contribution in [0.4, 0.5) is 0 Å². The molecule has 0 bridgehead atoms. The van der Waals surface area contributed by atoms with Crippen molar-refractivity contribution in [2.24, 2.45) is 4.99 Å². The molecule has 0 heterocycles. The highest BCUT2D eigenvalue weighted by Gasteiger charge is 2.15. The number of amides is 2. The number of likely N-dealkylation sites (N-methyl/N-ethyl adjacent to an activating group) is 2. The summed E-state index contributed by atoms with van der Waals surface area (Å²) in [6, 6.07) is 0. The van der Waals surface area contributed by atoms with Gasteiger partial charge in [0.1, 0.15) is 0 Å². The molecular weight excluding hydrogens is 409 g/mol. The van der Waals surface area contributed by atoms with E-state index < -0.39 is 0 Å². The second-order valence-corrected chi connectivity index (χ2v) is 5.20. The first-order valence-corrected chi connectivity index (χ1v) is 7.84. The third-order valence-electron chi connectivity index (χ3n) is 3.27. The number of nitrogens with zero attached hydrogens (tertiary/aromatic N) is 4. The molecule has 8 heteroatoms. The lowest BCUT2D eigenvalue weighted by Gasteiger charge is -2.25. The predicted octanol–water partition coefficient (Wildman–Crippen LogP) is 0.848. The van der Waals surface area contributed by atoms with Crippen LogP contribution in [0.5, 0.6) is 0 Å². The standard InChI is InChI=1S/C15H31N5O2.HI/c1-7-16-15(17-11-10-13(21)18(4)5)19(6)12-14(22)20(8-2)9-3;/h7-12H2,1-6H3,(H,16,17);1H. The van der Waals surface area contributed by atoms with Gasteiger partial charge < -0.3 is 20.0 Å². The van der Waals surface area contributed by atoms with Crippen molar-refractivity contribution >= 4 is 41.8 Å². The van der Waals surface area contributed by atoms with Gasteiger partial charge in [-0.15, -0.1) is 24.0 Å². The minimum absolute atomic E-state index is 0. The van der Waals surface area contributed by atoms with E-state index >= 15 is 0 Å². The molecule has 23 heavy (non-hydrogen) atoms. The van der Waals surface area contributed by atoms with Crippen LogP contribution in [0.25, 0.3) is 0 Å². The van der Waals surface area contributed by atoms with E-state index in [4.69, 9.17) is 0 Å². The van der Waals surface area contributed by atoms with Gasteiger partial charge >= 0.3 is 0 Å². The first-order valence-electron chi connectivity index (χ1n) is 7.84. The van der Waals surface area contributed by atoms with Crippen LogP contribution < -0.4 is 5.32 Å². The smallest absolute Gasteiger partial charge is 0.242 e. The number of aliphatic imine (C=N–C) groups is 1. The van der Waals surface area contributed by atoms with Crippen molar-refractivity contribution in [1.29, 1.82) is 0 Å². The number of carbonyl (C=O) groups excluding carboxylic acids is 2. The SMILES string of the molecule is CCNC(=NCCC(=O)N(C)C)N(C)CC(=O)N(CC)CC.I. The molecule has 0 saturated heterocycles. The lowest BCUT2D eigenvalue weighted by atomic mass is 10.4. The lowest BCUT2D eigenvalue weighted by Crippen LogP contribution is -2.45. The van der Waals surface area contributed by atoms with E-state index in [9.17, 15) is 9.59 Å². The Morgan fingerprint density at radius 2 is 1.57 bits per heavy atom. The molecule has 0 saturated carbocycles. The third-order valence-corrected chi connectivity index (χ3v) is 3.27. The monoisotopic (exact) mass is 441 g/mol. The molecule has 136 valence electrons. The predicted molar refractivity (Wildman–Crippen MR) is 105 cm³/mol. The van der Waals surface area contributed by atoms with Crippen LogP contribution >= 0.6 is 24.0 Å². The topological polar surface area (TPSA) is 68.2 Å². The fraction of sp³-hybridized carbons (Fsp3) is 0.800. The summed E-state index contributed by atoms with van der Waals surface area (Å²) in [4.78, 5) is 33.2. The number of hydrogen-bond donors (Lipinski definition) is 1. The minimum Gasteiger partial charge on any atom is -0.357 e.